The first-order valence-corrected chi connectivity index (χ1v) is 6.91. The van der Waals surface area contributed by atoms with Crippen LogP contribution in [0.25, 0.3) is 0 Å². The molecular formula is C14H22N4O2. The van der Waals surface area contributed by atoms with Crippen molar-refractivity contribution in [3.63, 3.8) is 0 Å². The number of nitrogens with two attached hydrogens (primary N) is 1. The van der Waals surface area contributed by atoms with Crippen molar-refractivity contribution in [2.45, 2.75) is 25.8 Å². The van der Waals surface area contributed by atoms with Crippen LogP contribution in [-0.2, 0) is 4.79 Å². The van der Waals surface area contributed by atoms with E-state index in [1.165, 1.54) is 0 Å². The summed E-state index contributed by atoms with van der Waals surface area (Å²) < 4.78 is 5.42. The molecule has 1 saturated heterocycles. The minimum atomic E-state index is -0.143. The largest absolute Gasteiger partial charge is 0.476 e. The van der Waals surface area contributed by atoms with Gasteiger partial charge in [-0.05, 0) is 31.9 Å². The van der Waals surface area contributed by atoms with Gasteiger partial charge >= 0.3 is 0 Å². The van der Waals surface area contributed by atoms with Gasteiger partial charge in [0.1, 0.15) is 11.9 Å². The van der Waals surface area contributed by atoms with Gasteiger partial charge in [0.25, 0.3) is 0 Å². The third-order valence-electron chi connectivity index (χ3n) is 3.43. The molecule has 1 aromatic rings. The molecule has 0 aromatic carbocycles. The van der Waals surface area contributed by atoms with E-state index in [0.29, 0.717) is 18.2 Å². The molecule has 1 aromatic heterocycles. The van der Waals surface area contributed by atoms with Crippen molar-refractivity contribution in [3.8, 4) is 5.88 Å². The standard InChI is InChI=1S/C14H22N4O2/c1-4-20-13-10(15)7-8-12(16-13)18-9-5-6-11(18)14(19)17(2)3/h7-8,11H,4-6,9,15H2,1-3H3. The van der Waals surface area contributed by atoms with Gasteiger partial charge in [-0.15, -0.1) is 0 Å². The second-order valence-corrected chi connectivity index (χ2v) is 5.08. The van der Waals surface area contributed by atoms with Gasteiger partial charge in [-0.1, -0.05) is 0 Å². The number of rotatable bonds is 4. The van der Waals surface area contributed by atoms with Crippen molar-refractivity contribution >= 4 is 17.4 Å². The van der Waals surface area contributed by atoms with Crippen molar-refractivity contribution in [2.75, 3.05) is 37.9 Å². The van der Waals surface area contributed by atoms with Gasteiger partial charge < -0.3 is 20.3 Å². The smallest absolute Gasteiger partial charge is 0.244 e. The van der Waals surface area contributed by atoms with Crippen LogP contribution in [0.2, 0.25) is 0 Å². The van der Waals surface area contributed by atoms with Crippen molar-refractivity contribution in [1.29, 1.82) is 0 Å². The Morgan fingerprint density at radius 2 is 2.30 bits per heavy atom. The maximum atomic E-state index is 12.2. The molecule has 2 rings (SSSR count). The Hall–Kier alpha value is -1.98. The third kappa shape index (κ3) is 2.79. The molecule has 1 fully saturated rings. The highest BCUT2D eigenvalue weighted by molar-refractivity contribution is 5.85. The van der Waals surface area contributed by atoms with Crippen LogP contribution < -0.4 is 15.4 Å². The number of anilines is 2. The summed E-state index contributed by atoms with van der Waals surface area (Å²) in [7, 11) is 3.56. The van der Waals surface area contributed by atoms with E-state index in [0.717, 1.165) is 25.2 Å². The van der Waals surface area contributed by atoms with E-state index in [-0.39, 0.29) is 11.9 Å². The number of nitrogen functional groups attached to an aromatic ring is 1. The van der Waals surface area contributed by atoms with E-state index in [4.69, 9.17) is 10.5 Å². The topological polar surface area (TPSA) is 71.7 Å². The van der Waals surface area contributed by atoms with Gasteiger partial charge in [0.05, 0.1) is 12.3 Å². The first-order chi connectivity index (χ1) is 9.54. The molecule has 1 unspecified atom stereocenters. The average molecular weight is 278 g/mol. The molecule has 0 bridgehead atoms. The van der Waals surface area contributed by atoms with Crippen LogP contribution in [0, 0.1) is 0 Å². The van der Waals surface area contributed by atoms with Gasteiger partial charge in [-0.3, -0.25) is 4.79 Å². The first-order valence-electron chi connectivity index (χ1n) is 6.91. The molecule has 1 aliphatic rings. The maximum Gasteiger partial charge on any atom is 0.244 e. The summed E-state index contributed by atoms with van der Waals surface area (Å²) in [4.78, 5) is 20.3. The number of carbonyl (C=O) groups is 1. The van der Waals surface area contributed by atoms with E-state index in [1.54, 1.807) is 25.1 Å². The normalized spacial score (nSPS) is 18.1. The van der Waals surface area contributed by atoms with Gasteiger partial charge in [-0.2, -0.15) is 4.98 Å². The van der Waals surface area contributed by atoms with Crippen LogP contribution in [-0.4, -0.2) is 49.1 Å². The molecule has 1 aliphatic heterocycles. The molecule has 1 atom stereocenters. The Balaban J connectivity index is 2.26. The third-order valence-corrected chi connectivity index (χ3v) is 3.43. The SMILES string of the molecule is CCOc1nc(N2CCCC2C(=O)N(C)C)ccc1N. The maximum absolute atomic E-state index is 12.2. The molecule has 1 amide bonds. The minimum Gasteiger partial charge on any atom is -0.476 e. The highest BCUT2D eigenvalue weighted by Crippen LogP contribution is 2.29. The van der Waals surface area contributed by atoms with Crippen molar-refractivity contribution in [1.82, 2.24) is 9.88 Å². The molecule has 2 N–H and O–H groups in total. The van der Waals surface area contributed by atoms with Crippen LogP contribution in [0.15, 0.2) is 12.1 Å². The van der Waals surface area contributed by atoms with Crippen molar-refractivity contribution in [2.24, 2.45) is 0 Å². The number of nitrogens with zero attached hydrogens (tertiary/aromatic N) is 3. The number of amides is 1. The summed E-state index contributed by atoms with van der Waals surface area (Å²) in [6.07, 6.45) is 1.84. The molecule has 0 radical (unpaired) electrons. The van der Waals surface area contributed by atoms with E-state index >= 15 is 0 Å². The lowest BCUT2D eigenvalue weighted by molar-refractivity contribution is -0.129. The van der Waals surface area contributed by atoms with Crippen LogP contribution in [0.4, 0.5) is 11.5 Å². The Morgan fingerprint density at radius 3 is 2.95 bits per heavy atom. The summed E-state index contributed by atoms with van der Waals surface area (Å²) >= 11 is 0. The Morgan fingerprint density at radius 1 is 1.55 bits per heavy atom. The summed E-state index contributed by atoms with van der Waals surface area (Å²) in [5, 5.41) is 0. The Bertz CT molecular complexity index is 490. The fourth-order valence-electron chi connectivity index (χ4n) is 2.45. The number of hydrogen-bond acceptors (Lipinski definition) is 5. The zero-order valence-corrected chi connectivity index (χ0v) is 12.3. The molecule has 0 spiro atoms. The first kappa shape index (κ1) is 14.4. The van der Waals surface area contributed by atoms with Crippen molar-refractivity contribution < 1.29 is 9.53 Å². The molecule has 0 saturated carbocycles. The molecule has 2 heterocycles. The number of pyridine rings is 1. The fraction of sp³-hybridized carbons (Fsp3) is 0.571. The Kier molecular flexibility index (Phi) is 4.32. The fourth-order valence-corrected chi connectivity index (χ4v) is 2.45. The molecular weight excluding hydrogens is 256 g/mol. The predicted molar refractivity (Wildman–Crippen MR) is 78.9 cm³/mol. The summed E-state index contributed by atoms with van der Waals surface area (Å²) in [5.74, 6) is 1.30. The lowest BCUT2D eigenvalue weighted by Gasteiger charge is -2.27. The molecule has 110 valence electrons. The lowest BCUT2D eigenvalue weighted by Crippen LogP contribution is -2.43. The van der Waals surface area contributed by atoms with Gasteiger partial charge in [0.15, 0.2) is 0 Å². The van der Waals surface area contributed by atoms with Crippen molar-refractivity contribution in [3.05, 3.63) is 12.1 Å². The second-order valence-electron chi connectivity index (χ2n) is 5.08. The van der Waals surface area contributed by atoms with Gasteiger partial charge in [-0.25, -0.2) is 0 Å². The molecule has 6 nitrogen and oxygen atoms in total. The molecule has 6 heteroatoms. The second kappa shape index (κ2) is 5.98. The summed E-state index contributed by atoms with van der Waals surface area (Å²) in [6, 6.07) is 3.48. The van der Waals surface area contributed by atoms with Crippen LogP contribution in [0.1, 0.15) is 19.8 Å². The number of hydrogen-bond donors (Lipinski definition) is 1. The van der Waals surface area contributed by atoms with Crippen LogP contribution in [0.5, 0.6) is 5.88 Å². The number of likely N-dealkylation sites (N-methyl/N-ethyl adjacent to an activating group) is 1. The minimum absolute atomic E-state index is 0.110. The van der Waals surface area contributed by atoms with Gasteiger partial charge in [0.2, 0.25) is 11.8 Å². The monoisotopic (exact) mass is 278 g/mol. The Labute approximate surface area is 119 Å². The summed E-state index contributed by atoms with van der Waals surface area (Å²) in [6.45, 7) is 3.23. The van der Waals surface area contributed by atoms with E-state index in [2.05, 4.69) is 4.98 Å². The number of carbonyl (C=O) groups excluding carboxylic acids is 1. The lowest BCUT2D eigenvalue weighted by atomic mass is 10.2. The van der Waals surface area contributed by atoms with E-state index in [9.17, 15) is 4.79 Å². The van der Waals surface area contributed by atoms with E-state index in [1.807, 2.05) is 17.9 Å². The summed E-state index contributed by atoms with van der Waals surface area (Å²) in [5.41, 5.74) is 6.35. The molecule has 0 aliphatic carbocycles. The van der Waals surface area contributed by atoms with Crippen LogP contribution >= 0.6 is 0 Å². The zero-order valence-electron chi connectivity index (χ0n) is 12.3. The zero-order chi connectivity index (χ0) is 14.7. The quantitative estimate of drug-likeness (QED) is 0.893. The number of aromatic nitrogens is 1. The molecule has 20 heavy (non-hydrogen) atoms. The van der Waals surface area contributed by atoms with Gasteiger partial charge in [0, 0.05) is 20.6 Å². The van der Waals surface area contributed by atoms with Crippen LogP contribution in [0.3, 0.4) is 0 Å². The average Bonchev–Trinajstić information content (AvgIpc) is 2.89. The highest BCUT2D eigenvalue weighted by atomic mass is 16.5. The van der Waals surface area contributed by atoms with E-state index < -0.39 is 0 Å². The highest BCUT2D eigenvalue weighted by Gasteiger charge is 2.32. The number of ether oxygens (including phenoxy) is 1. The predicted octanol–water partition coefficient (Wildman–Crippen LogP) is 1.12.